The quantitative estimate of drug-likeness (QED) is 0.255. The van der Waals surface area contributed by atoms with Crippen LogP contribution in [0.1, 0.15) is 89.0 Å². The summed E-state index contributed by atoms with van der Waals surface area (Å²) in [6.07, 6.45) is 26.2. The number of aryl methyl sites for hydroxylation is 1. The predicted molar refractivity (Wildman–Crippen MR) is 113 cm³/mol. The second kappa shape index (κ2) is 15.8. The Balaban J connectivity index is 1.28. The molecule has 0 radical (unpaired) electrons. The van der Waals surface area contributed by atoms with Crippen LogP contribution in [0.5, 0.6) is 0 Å². The summed E-state index contributed by atoms with van der Waals surface area (Å²) in [5.41, 5.74) is 1.37. The predicted octanol–water partition coefficient (Wildman–Crippen LogP) is 6.62. The van der Waals surface area contributed by atoms with Crippen molar-refractivity contribution in [1.82, 2.24) is 4.98 Å². The summed E-state index contributed by atoms with van der Waals surface area (Å²) < 4.78 is 11.3. The van der Waals surface area contributed by atoms with Gasteiger partial charge < -0.3 is 9.47 Å². The first kappa shape index (κ1) is 22.1. The normalized spacial score (nSPS) is 17.6. The van der Waals surface area contributed by atoms with Crippen LogP contribution in [0.25, 0.3) is 0 Å². The fourth-order valence-corrected chi connectivity index (χ4v) is 3.50. The van der Waals surface area contributed by atoms with E-state index in [1.54, 1.807) is 0 Å². The van der Waals surface area contributed by atoms with Crippen molar-refractivity contribution in [2.24, 2.45) is 0 Å². The highest BCUT2D eigenvalue weighted by Crippen LogP contribution is 2.14. The van der Waals surface area contributed by atoms with E-state index in [9.17, 15) is 0 Å². The Hall–Kier alpha value is -1.19. The number of ether oxygens (including phenoxy) is 2. The Labute approximate surface area is 166 Å². The Bertz CT molecular complexity index is 469. The van der Waals surface area contributed by atoms with Gasteiger partial charge >= 0.3 is 0 Å². The van der Waals surface area contributed by atoms with Crippen molar-refractivity contribution in [3.05, 3.63) is 42.2 Å². The third kappa shape index (κ3) is 12.0. The molecule has 152 valence electrons. The zero-order chi connectivity index (χ0) is 18.8. The largest absolute Gasteiger partial charge is 0.353 e. The lowest BCUT2D eigenvalue weighted by molar-refractivity contribution is -0.162. The molecule has 0 amide bonds. The number of hydrogen-bond donors (Lipinski definition) is 0. The van der Waals surface area contributed by atoms with Gasteiger partial charge in [-0.25, -0.2) is 0 Å². The highest BCUT2D eigenvalue weighted by molar-refractivity contribution is 5.08. The van der Waals surface area contributed by atoms with Gasteiger partial charge in [-0.05, 0) is 75.8 Å². The molecule has 0 N–H and O–H groups in total. The van der Waals surface area contributed by atoms with E-state index >= 15 is 0 Å². The summed E-state index contributed by atoms with van der Waals surface area (Å²) in [5, 5.41) is 0. The van der Waals surface area contributed by atoms with Crippen LogP contribution in [-0.4, -0.2) is 24.5 Å². The zero-order valence-corrected chi connectivity index (χ0v) is 17.1. The molecule has 1 saturated heterocycles. The van der Waals surface area contributed by atoms with E-state index in [-0.39, 0.29) is 6.29 Å². The molecular formula is C24H39NO2. The zero-order valence-electron chi connectivity index (χ0n) is 17.1. The van der Waals surface area contributed by atoms with E-state index < -0.39 is 0 Å². The first-order valence-electron chi connectivity index (χ1n) is 11.2. The summed E-state index contributed by atoms with van der Waals surface area (Å²) in [6.45, 7) is 1.73. The monoisotopic (exact) mass is 373 g/mol. The van der Waals surface area contributed by atoms with Gasteiger partial charge in [0.15, 0.2) is 6.29 Å². The molecule has 1 aliphatic heterocycles. The number of allylic oxidation sites excluding steroid dienone is 2. The summed E-state index contributed by atoms with van der Waals surface area (Å²) in [7, 11) is 0. The van der Waals surface area contributed by atoms with Gasteiger partial charge in [-0.15, -0.1) is 0 Å². The average Bonchev–Trinajstić information content (AvgIpc) is 2.72. The summed E-state index contributed by atoms with van der Waals surface area (Å²) >= 11 is 0. The molecule has 0 aliphatic carbocycles. The molecule has 0 bridgehead atoms. The summed E-state index contributed by atoms with van der Waals surface area (Å²) in [6, 6.07) is 4.21. The SMILES string of the molecule is C(=C/CCCCCOC1CCCCO1)/CCCCCCCc1cccnc1. The Morgan fingerprint density at radius 3 is 2.48 bits per heavy atom. The molecule has 1 unspecified atom stereocenters. The second-order valence-corrected chi connectivity index (χ2v) is 7.66. The molecule has 2 rings (SSSR count). The van der Waals surface area contributed by atoms with Crippen LogP contribution in [0.15, 0.2) is 36.7 Å². The first-order valence-corrected chi connectivity index (χ1v) is 11.2. The molecule has 2 heterocycles. The van der Waals surface area contributed by atoms with Crippen LogP contribution in [0.2, 0.25) is 0 Å². The van der Waals surface area contributed by atoms with E-state index in [0.717, 1.165) is 26.1 Å². The lowest BCUT2D eigenvalue weighted by atomic mass is 10.1. The standard InChI is InChI=1S/C24H39NO2/c1(3-5-7-9-11-16-23-17-15-19-25-22-23)2-4-6-8-10-13-20-26-24-18-12-14-21-27-24/h2,4,15,17,19,22,24H,1,3,5-14,16,18,20-21H2/b4-2-. The Morgan fingerprint density at radius 2 is 1.74 bits per heavy atom. The van der Waals surface area contributed by atoms with E-state index in [1.165, 1.54) is 82.6 Å². The Morgan fingerprint density at radius 1 is 0.963 bits per heavy atom. The van der Waals surface area contributed by atoms with Gasteiger partial charge in [0, 0.05) is 25.6 Å². The van der Waals surface area contributed by atoms with Gasteiger partial charge in [0.2, 0.25) is 0 Å². The molecule has 1 fully saturated rings. The second-order valence-electron chi connectivity index (χ2n) is 7.66. The minimum atomic E-state index is 0.0778. The highest BCUT2D eigenvalue weighted by atomic mass is 16.7. The van der Waals surface area contributed by atoms with Crippen LogP contribution >= 0.6 is 0 Å². The maximum absolute atomic E-state index is 5.76. The van der Waals surface area contributed by atoms with Crippen LogP contribution in [0, 0.1) is 0 Å². The molecule has 1 aromatic rings. The van der Waals surface area contributed by atoms with E-state index in [2.05, 4.69) is 23.2 Å². The van der Waals surface area contributed by atoms with Gasteiger partial charge in [-0.2, -0.15) is 0 Å². The lowest BCUT2D eigenvalue weighted by Crippen LogP contribution is -2.22. The number of aromatic nitrogens is 1. The lowest BCUT2D eigenvalue weighted by Gasteiger charge is -2.22. The number of nitrogens with zero attached hydrogens (tertiary/aromatic N) is 1. The van der Waals surface area contributed by atoms with Crippen LogP contribution in [0.4, 0.5) is 0 Å². The van der Waals surface area contributed by atoms with Crippen molar-refractivity contribution < 1.29 is 9.47 Å². The van der Waals surface area contributed by atoms with Crippen LogP contribution in [-0.2, 0) is 15.9 Å². The smallest absolute Gasteiger partial charge is 0.157 e. The maximum Gasteiger partial charge on any atom is 0.157 e. The topological polar surface area (TPSA) is 31.4 Å². The van der Waals surface area contributed by atoms with Gasteiger partial charge in [-0.1, -0.05) is 43.9 Å². The molecule has 1 aromatic heterocycles. The van der Waals surface area contributed by atoms with Crippen molar-refractivity contribution in [1.29, 1.82) is 0 Å². The number of hydrogen-bond acceptors (Lipinski definition) is 3. The van der Waals surface area contributed by atoms with Crippen LogP contribution in [0.3, 0.4) is 0 Å². The first-order chi connectivity index (χ1) is 13.4. The van der Waals surface area contributed by atoms with Crippen molar-refractivity contribution in [3.63, 3.8) is 0 Å². The molecule has 3 nitrogen and oxygen atoms in total. The van der Waals surface area contributed by atoms with E-state index in [4.69, 9.17) is 9.47 Å². The molecule has 3 heteroatoms. The Kier molecular flexibility index (Phi) is 13.0. The average molecular weight is 374 g/mol. The van der Waals surface area contributed by atoms with Crippen LogP contribution < -0.4 is 0 Å². The van der Waals surface area contributed by atoms with E-state index in [0.29, 0.717) is 0 Å². The third-order valence-corrected chi connectivity index (χ3v) is 5.18. The number of pyridine rings is 1. The molecular weight excluding hydrogens is 334 g/mol. The summed E-state index contributed by atoms with van der Waals surface area (Å²) in [4.78, 5) is 4.17. The van der Waals surface area contributed by atoms with E-state index in [1.807, 2.05) is 18.5 Å². The molecule has 27 heavy (non-hydrogen) atoms. The van der Waals surface area contributed by atoms with Gasteiger partial charge in [-0.3, -0.25) is 4.98 Å². The molecule has 0 spiro atoms. The molecule has 1 aliphatic rings. The number of unbranched alkanes of at least 4 members (excludes halogenated alkanes) is 8. The van der Waals surface area contributed by atoms with Gasteiger partial charge in [0.25, 0.3) is 0 Å². The van der Waals surface area contributed by atoms with Gasteiger partial charge in [0.1, 0.15) is 0 Å². The molecule has 0 aromatic carbocycles. The van der Waals surface area contributed by atoms with Gasteiger partial charge in [0.05, 0.1) is 0 Å². The fraction of sp³-hybridized carbons (Fsp3) is 0.708. The molecule has 1 atom stereocenters. The molecule has 0 saturated carbocycles. The maximum atomic E-state index is 5.76. The van der Waals surface area contributed by atoms with Crippen molar-refractivity contribution in [3.8, 4) is 0 Å². The van der Waals surface area contributed by atoms with Crippen molar-refractivity contribution in [2.45, 2.75) is 96.2 Å². The minimum Gasteiger partial charge on any atom is -0.353 e. The number of rotatable bonds is 15. The van der Waals surface area contributed by atoms with Crippen molar-refractivity contribution in [2.75, 3.05) is 13.2 Å². The minimum absolute atomic E-state index is 0.0778. The third-order valence-electron chi connectivity index (χ3n) is 5.18. The fourth-order valence-electron chi connectivity index (χ4n) is 3.50. The summed E-state index contributed by atoms with van der Waals surface area (Å²) in [5.74, 6) is 0. The highest BCUT2D eigenvalue weighted by Gasteiger charge is 2.13. The van der Waals surface area contributed by atoms with Crippen molar-refractivity contribution >= 4 is 0 Å².